The van der Waals surface area contributed by atoms with E-state index < -0.39 is 0 Å². The predicted molar refractivity (Wildman–Crippen MR) is 105 cm³/mol. The zero-order chi connectivity index (χ0) is 17.8. The van der Waals surface area contributed by atoms with Crippen LogP contribution in [0.15, 0.2) is 48.8 Å². The van der Waals surface area contributed by atoms with Crippen LogP contribution >= 0.6 is 0 Å². The van der Waals surface area contributed by atoms with Crippen LogP contribution in [0.2, 0.25) is 0 Å². The Balaban J connectivity index is 1.49. The Hall–Kier alpha value is -2.40. The number of benzene rings is 1. The minimum absolute atomic E-state index is 0.230. The first kappa shape index (κ1) is 17.0. The van der Waals surface area contributed by atoms with Gasteiger partial charge in [0.1, 0.15) is 0 Å². The summed E-state index contributed by atoms with van der Waals surface area (Å²) < 4.78 is 0. The Morgan fingerprint density at radius 3 is 2.50 bits per heavy atom. The molecule has 0 unspecified atom stereocenters. The minimum atomic E-state index is 0.230. The summed E-state index contributed by atoms with van der Waals surface area (Å²) in [5.41, 5.74) is 3.16. The number of nitrogens with zero attached hydrogens (tertiary/aromatic N) is 4. The van der Waals surface area contributed by atoms with E-state index in [1.807, 2.05) is 29.3 Å². The van der Waals surface area contributed by atoms with Gasteiger partial charge in [0.2, 0.25) is 5.91 Å². The maximum absolute atomic E-state index is 12.9. The zero-order valence-corrected chi connectivity index (χ0v) is 15.2. The number of pyridine rings is 1. The van der Waals surface area contributed by atoms with E-state index in [4.69, 9.17) is 0 Å². The van der Waals surface area contributed by atoms with Crippen LogP contribution in [0.25, 0.3) is 0 Å². The zero-order valence-electron chi connectivity index (χ0n) is 15.2. The predicted octanol–water partition coefficient (Wildman–Crippen LogP) is 3.44. The molecule has 2 aromatic rings. The molecule has 0 radical (unpaired) electrons. The molecule has 136 valence electrons. The minimum Gasteiger partial charge on any atom is -0.337 e. The van der Waals surface area contributed by atoms with Crippen molar-refractivity contribution in [3.63, 3.8) is 0 Å². The molecular formula is C21H26N4O. The van der Waals surface area contributed by atoms with E-state index in [1.54, 1.807) is 6.20 Å². The molecule has 0 bridgehead atoms. The summed E-state index contributed by atoms with van der Waals surface area (Å²) in [6.07, 6.45) is 8.12. The molecule has 1 aromatic carbocycles. The second-order valence-corrected chi connectivity index (χ2v) is 7.05. The number of carbonyl (C=O) groups excluding carboxylic acids is 1. The molecule has 26 heavy (non-hydrogen) atoms. The topological polar surface area (TPSA) is 39.7 Å². The third-order valence-corrected chi connectivity index (χ3v) is 5.36. The van der Waals surface area contributed by atoms with Crippen LogP contribution in [0, 0.1) is 0 Å². The molecule has 1 saturated heterocycles. The van der Waals surface area contributed by atoms with Crippen molar-refractivity contribution in [2.75, 3.05) is 42.5 Å². The second kappa shape index (κ2) is 7.87. The van der Waals surface area contributed by atoms with Crippen LogP contribution < -0.4 is 9.80 Å². The smallest absolute Gasteiger partial charge is 0.228 e. The van der Waals surface area contributed by atoms with E-state index in [-0.39, 0.29) is 5.91 Å². The van der Waals surface area contributed by atoms with Crippen LogP contribution in [-0.2, 0) is 4.79 Å². The Bertz CT molecular complexity index is 743. The van der Waals surface area contributed by atoms with Crippen LogP contribution in [0.3, 0.4) is 0 Å². The SMILES string of the molecule is O=C(CCN1CCCCC1)N1CCN(c2cccnc2)c2ccccc21. The number of likely N-dealkylation sites (tertiary alicyclic amines) is 1. The summed E-state index contributed by atoms with van der Waals surface area (Å²) in [5.74, 6) is 0.230. The van der Waals surface area contributed by atoms with Gasteiger partial charge in [0.25, 0.3) is 0 Å². The molecule has 4 rings (SSSR count). The van der Waals surface area contributed by atoms with Crippen molar-refractivity contribution in [1.29, 1.82) is 0 Å². The largest absolute Gasteiger partial charge is 0.337 e. The van der Waals surface area contributed by atoms with Crippen molar-refractivity contribution < 1.29 is 4.79 Å². The van der Waals surface area contributed by atoms with Gasteiger partial charge in [0.15, 0.2) is 0 Å². The van der Waals surface area contributed by atoms with Crippen molar-refractivity contribution in [3.8, 4) is 0 Å². The quantitative estimate of drug-likeness (QED) is 0.847. The van der Waals surface area contributed by atoms with Gasteiger partial charge in [0.05, 0.1) is 23.3 Å². The summed E-state index contributed by atoms with van der Waals surface area (Å²) in [5, 5.41) is 0. The van der Waals surface area contributed by atoms with Gasteiger partial charge in [-0.2, -0.15) is 0 Å². The van der Waals surface area contributed by atoms with Gasteiger partial charge in [0, 0.05) is 32.3 Å². The van der Waals surface area contributed by atoms with E-state index >= 15 is 0 Å². The normalized spacial score (nSPS) is 17.8. The molecule has 3 heterocycles. The third-order valence-electron chi connectivity index (χ3n) is 5.36. The number of aromatic nitrogens is 1. The summed E-state index contributed by atoms with van der Waals surface area (Å²) >= 11 is 0. The van der Waals surface area contributed by atoms with E-state index in [0.29, 0.717) is 13.0 Å². The van der Waals surface area contributed by atoms with Crippen LogP contribution in [0.5, 0.6) is 0 Å². The fourth-order valence-corrected chi connectivity index (χ4v) is 3.97. The molecule has 2 aliphatic rings. The Labute approximate surface area is 155 Å². The number of amides is 1. The average Bonchev–Trinajstić information content (AvgIpc) is 2.72. The van der Waals surface area contributed by atoms with E-state index in [2.05, 4.69) is 33.0 Å². The standard InChI is InChI=1S/C21H26N4O/c26-21(10-14-23-12-4-1-5-13-23)25-16-15-24(18-7-6-11-22-17-18)19-8-2-3-9-20(19)25/h2-3,6-9,11,17H,1,4-5,10,12-16H2. The lowest BCUT2D eigenvalue weighted by Gasteiger charge is -2.38. The summed E-state index contributed by atoms with van der Waals surface area (Å²) in [6, 6.07) is 12.2. The van der Waals surface area contributed by atoms with E-state index in [0.717, 1.165) is 43.2 Å². The molecule has 1 fully saturated rings. The monoisotopic (exact) mass is 350 g/mol. The van der Waals surface area contributed by atoms with Crippen LogP contribution in [0.4, 0.5) is 17.1 Å². The van der Waals surface area contributed by atoms with Crippen molar-refractivity contribution >= 4 is 23.0 Å². The van der Waals surface area contributed by atoms with Gasteiger partial charge in [-0.15, -0.1) is 0 Å². The average molecular weight is 350 g/mol. The highest BCUT2D eigenvalue weighted by Gasteiger charge is 2.27. The highest BCUT2D eigenvalue weighted by Crippen LogP contribution is 2.37. The maximum atomic E-state index is 12.9. The van der Waals surface area contributed by atoms with Crippen LogP contribution in [0.1, 0.15) is 25.7 Å². The number of para-hydroxylation sites is 2. The molecule has 0 aliphatic carbocycles. The molecule has 5 heteroatoms. The van der Waals surface area contributed by atoms with Gasteiger partial charge >= 0.3 is 0 Å². The molecule has 0 saturated carbocycles. The number of anilines is 3. The van der Waals surface area contributed by atoms with Gasteiger partial charge in [-0.1, -0.05) is 18.6 Å². The van der Waals surface area contributed by atoms with Crippen molar-refractivity contribution in [3.05, 3.63) is 48.8 Å². The number of hydrogen-bond donors (Lipinski definition) is 0. The van der Waals surface area contributed by atoms with Gasteiger partial charge in [-0.3, -0.25) is 9.78 Å². The molecule has 1 amide bonds. The number of carbonyl (C=O) groups is 1. The van der Waals surface area contributed by atoms with Gasteiger partial charge in [-0.05, 0) is 50.2 Å². The fraction of sp³-hybridized carbons (Fsp3) is 0.429. The molecular weight excluding hydrogens is 324 g/mol. The lowest BCUT2D eigenvalue weighted by atomic mass is 10.1. The summed E-state index contributed by atoms with van der Waals surface area (Å²) in [6.45, 7) is 4.66. The first-order valence-corrected chi connectivity index (χ1v) is 9.62. The van der Waals surface area contributed by atoms with E-state index in [1.165, 1.54) is 19.3 Å². The van der Waals surface area contributed by atoms with Crippen LogP contribution in [-0.4, -0.2) is 48.5 Å². The van der Waals surface area contributed by atoms with Gasteiger partial charge < -0.3 is 14.7 Å². The fourth-order valence-electron chi connectivity index (χ4n) is 3.97. The molecule has 5 nitrogen and oxygen atoms in total. The number of hydrogen-bond acceptors (Lipinski definition) is 4. The first-order chi connectivity index (χ1) is 12.8. The number of piperidine rings is 1. The highest BCUT2D eigenvalue weighted by atomic mass is 16.2. The number of rotatable bonds is 4. The molecule has 1 aromatic heterocycles. The van der Waals surface area contributed by atoms with E-state index in [9.17, 15) is 4.79 Å². The van der Waals surface area contributed by atoms with Gasteiger partial charge in [-0.25, -0.2) is 0 Å². The highest BCUT2D eigenvalue weighted by molar-refractivity contribution is 5.98. The first-order valence-electron chi connectivity index (χ1n) is 9.62. The Morgan fingerprint density at radius 1 is 0.923 bits per heavy atom. The molecule has 2 aliphatic heterocycles. The second-order valence-electron chi connectivity index (χ2n) is 7.05. The summed E-state index contributed by atoms with van der Waals surface area (Å²) in [4.78, 5) is 23.8. The molecule has 0 spiro atoms. The van der Waals surface area contributed by atoms with Crippen molar-refractivity contribution in [2.45, 2.75) is 25.7 Å². The Kier molecular flexibility index (Phi) is 5.16. The lowest BCUT2D eigenvalue weighted by Crippen LogP contribution is -2.43. The van der Waals surface area contributed by atoms with Crippen molar-refractivity contribution in [1.82, 2.24) is 9.88 Å². The molecule has 0 atom stereocenters. The lowest BCUT2D eigenvalue weighted by molar-refractivity contribution is -0.119. The molecule has 0 N–H and O–H groups in total. The van der Waals surface area contributed by atoms with Crippen molar-refractivity contribution in [2.24, 2.45) is 0 Å². The third kappa shape index (κ3) is 3.58. The summed E-state index contributed by atoms with van der Waals surface area (Å²) in [7, 11) is 0. The Morgan fingerprint density at radius 2 is 1.73 bits per heavy atom. The maximum Gasteiger partial charge on any atom is 0.228 e. The number of fused-ring (bicyclic) bond motifs is 1.